The molecule has 1 aromatic rings. The van der Waals surface area contributed by atoms with Crippen LogP contribution < -0.4 is 0 Å². The smallest absolute Gasteiger partial charge is 0.0939 e. The Hall–Kier alpha value is -0.570. The summed E-state index contributed by atoms with van der Waals surface area (Å²) in [6.45, 7) is 1.50. The van der Waals surface area contributed by atoms with Gasteiger partial charge in [-0.15, -0.1) is 0 Å². The molecule has 0 aliphatic carbocycles. The first-order valence-corrected chi connectivity index (χ1v) is 5.11. The van der Waals surface area contributed by atoms with Gasteiger partial charge in [0.15, 0.2) is 0 Å². The fourth-order valence-electron chi connectivity index (χ4n) is 2.10. The number of halogens is 1. The minimum Gasteiger partial charge on any atom is -0.387 e. The molecular weight excluding hydrogens is 198 g/mol. The van der Waals surface area contributed by atoms with Crippen molar-refractivity contribution in [1.82, 2.24) is 4.90 Å². The Morgan fingerprint density at radius 3 is 2.79 bits per heavy atom. The molecule has 1 saturated heterocycles. The Morgan fingerprint density at radius 1 is 1.50 bits per heavy atom. The minimum absolute atomic E-state index is 0.542. The van der Waals surface area contributed by atoms with Crippen LogP contribution in [0.15, 0.2) is 24.3 Å². The molecule has 0 aromatic heterocycles. The normalized spacial score (nSPS) is 20.5. The standard InChI is InChI=1S/C11H14ClNO/c1-13-7-11(14,8-13)6-9-3-2-4-10(12)5-9/h2-5,14H,6-8H2,1H3. The van der Waals surface area contributed by atoms with Crippen LogP contribution in [0.25, 0.3) is 0 Å². The van der Waals surface area contributed by atoms with Crippen molar-refractivity contribution in [3.8, 4) is 0 Å². The van der Waals surface area contributed by atoms with Gasteiger partial charge in [-0.3, -0.25) is 0 Å². The van der Waals surface area contributed by atoms with Crippen molar-refractivity contribution in [2.75, 3.05) is 20.1 Å². The molecule has 14 heavy (non-hydrogen) atoms. The number of nitrogens with zero attached hydrogens (tertiary/aromatic N) is 1. The maximum atomic E-state index is 10.0. The number of likely N-dealkylation sites (N-methyl/N-ethyl adjacent to an activating group) is 1. The van der Waals surface area contributed by atoms with E-state index in [0.29, 0.717) is 6.42 Å². The summed E-state index contributed by atoms with van der Waals surface area (Å²) in [5, 5.41) is 10.8. The van der Waals surface area contributed by atoms with Gasteiger partial charge in [0.2, 0.25) is 0 Å². The van der Waals surface area contributed by atoms with Crippen LogP contribution in [0.2, 0.25) is 5.02 Å². The van der Waals surface area contributed by atoms with Crippen LogP contribution in [0.5, 0.6) is 0 Å². The predicted octanol–water partition coefficient (Wildman–Crippen LogP) is 1.56. The molecule has 1 heterocycles. The van der Waals surface area contributed by atoms with Crippen LogP contribution in [-0.2, 0) is 6.42 Å². The van der Waals surface area contributed by atoms with E-state index in [2.05, 4.69) is 4.90 Å². The number of β-amino-alcohol motifs (C(OH)–C–C–N with tert-alkyl or cyclic N) is 1. The Labute approximate surface area is 89.1 Å². The van der Waals surface area contributed by atoms with Crippen LogP contribution in [0, 0.1) is 0 Å². The highest BCUT2D eigenvalue weighted by Gasteiger charge is 2.38. The number of aliphatic hydroxyl groups is 1. The van der Waals surface area contributed by atoms with Gasteiger partial charge in [-0.1, -0.05) is 23.7 Å². The summed E-state index contributed by atoms with van der Waals surface area (Å²) in [7, 11) is 2.01. The molecule has 0 bridgehead atoms. The molecule has 1 aliphatic rings. The van der Waals surface area contributed by atoms with Gasteiger partial charge >= 0.3 is 0 Å². The van der Waals surface area contributed by atoms with Crippen LogP contribution in [-0.4, -0.2) is 35.7 Å². The zero-order chi connectivity index (χ0) is 10.2. The molecule has 3 heteroatoms. The van der Waals surface area contributed by atoms with E-state index in [-0.39, 0.29) is 0 Å². The molecule has 0 unspecified atom stereocenters. The molecule has 1 N–H and O–H groups in total. The molecule has 0 atom stereocenters. The van der Waals surface area contributed by atoms with E-state index in [4.69, 9.17) is 11.6 Å². The average Bonchev–Trinajstić information content (AvgIpc) is 2.00. The van der Waals surface area contributed by atoms with E-state index in [9.17, 15) is 5.11 Å². The molecule has 76 valence electrons. The van der Waals surface area contributed by atoms with Gasteiger partial charge in [-0.25, -0.2) is 0 Å². The van der Waals surface area contributed by atoms with E-state index in [1.165, 1.54) is 0 Å². The maximum Gasteiger partial charge on any atom is 0.0939 e. The summed E-state index contributed by atoms with van der Waals surface area (Å²) in [6, 6.07) is 7.69. The lowest BCUT2D eigenvalue weighted by Gasteiger charge is -2.44. The number of hydrogen-bond donors (Lipinski definition) is 1. The average molecular weight is 212 g/mol. The predicted molar refractivity (Wildman–Crippen MR) is 57.6 cm³/mol. The first-order valence-electron chi connectivity index (χ1n) is 4.73. The van der Waals surface area contributed by atoms with Gasteiger partial charge in [0.05, 0.1) is 5.60 Å². The molecule has 0 spiro atoms. The van der Waals surface area contributed by atoms with E-state index in [0.717, 1.165) is 23.7 Å². The van der Waals surface area contributed by atoms with E-state index >= 15 is 0 Å². The lowest BCUT2D eigenvalue weighted by molar-refractivity contribution is -0.0847. The molecule has 1 aromatic carbocycles. The third-order valence-electron chi connectivity index (χ3n) is 2.55. The number of rotatable bonds is 2. The van der Waals surface area contributed by atoms with E-state index < -0.39 is 5.60 Å². The lowest BCUT2D eigenvalue weighted by atomic mass is 9.88. The lowest BCUT2D eigenvalue weighted by Crippen LogP contribution is -2.61. The van der Waals surface area contributed by atoms with Gasteiger partial charge < -0.3 is 10.0 Å². The fraction of sp³-hybridized carbons (Fsp3) is 0.455. The summed E-state index contributed by atoms with van der Waals surface area (Å²) >= 11 is 5.87. The zero-order valence-electron chi connectivity index (χ0n) is 8.20. The third-order valence-corrected chi connectivity index (χ3v) is 2.79. The Morgan fingerprint density at radius 2 is 2.21 bits per heavy atom. The van der Waals surface area contributed by atoms with Crippen LogP contribution in [0.4, 0.5) is 0 Å². The van der Waals surface area contributed by atoms with Crippen molar-refractivity contribution in [3.05, 3.63) is 34.9 Å². The molecule has 1 aliphatic heterocycles. The Balaban J connectivity index is 2.04. The van der Waals surface area contributed by atoms with Gasteiger partial charge in [0.1, 0.15) is 0 Å². The summed E-state index contributed by atoms with van der Waals surface area (Å²) in [5.41, 5.74) is 0.562. The first kappa shape index (κ1) is 9.97. The van der Waals surface area contributed by atoms with Crippen molar-refractivity contribution < 1.29 is 5.11 Å². The van der Waals surface area contributed by atoms with Gasteiger partial charge in [0.25, 0.3) is 0 Å². The summed E-state index contributed by atoms with van der Waals surface area (Å²) in [5.74, 6) is 0. The monoisotopic (exact) mass is 211 g/mol. The quantitative estimate of drug-likeness (QED) is 0.803. The van der Waals surface area contributed by atoms with Crippen molar-refractivity contribution in [3.63, 3.8) is 0 Å². The Kier molecular flexibility index (Phi) is 2.52. The summed E-state index contributed by atoms with van der Waals surface area (Å²) in [6.07, 6.45) is 0.692. The van der Waals surface area contributed by atoms with Crippen LogP contribution >= 0.6 is 11.6 Å². The third kappa shape index (κ3) is 2.08. The topological polar surface area (TPSA) is 23.5 Å². The van der Waals surface area contributed by atoms with Crippen molar-refractivity contribution in [2.24, 2.45) is 0 Å². The van der Waals surface area contributed by atoms with Crippen LogP contribution in [0.3, 0.4) is 0 Å². The number of hydrogen-bond acceptors (Lipinski definition) is 2. The second kappa shape index (κ2) is 3.54. The molecular formula is C11H14ClNO. The van der Waals surface area contributed by atoms with E-state index in [1.54, 1.807) is 0 Å². The minimum atomic E-state index is -0.542. The molecule has 0 amide bonds. The second-order valence-electron chi connectivity index (χ2n) is 4.20. The largest absolute Gasteiger partial charge is 0.387 e. The number of benzene rings is 1. The van der Waals surface area contributed by atoms with Gasteiger partial charge in [-0.2, -0.15) is 0 Å². The molecule has 1 fully saturated rings. The first-order chi connectivity index (χ1) is 6.57. The summed E-state index contributed by atoms with van der Waals surface area (Å²) < 4.78 is 0. The molecule has 0 radical (unpaired) electrons. The van der Waals surface area contributed by atoms with Crippen molar-refractivity contribution >= 4 is 11.6 Å². The van der Waals surface area contributed by atoms with Crippen molar-refractivity contribution in [2.45, 2.75) is 12.0 Å². The number of likely N-dealkylation sites (tertiary alicyclic amines) is 1. The van der Waals surface area contributed by atoms with Gasteiger partial charge in [-0.05, 0) is 24.7 Å². The highest BCUT2D eigenvalue weighted by molar-refractivity contribution is 6.30. The highest BCUT2D eigenvalue weighted by atomic mass is 35.5. The maximum absolute atomic E-state index is 10.0. The summed E-state index contributed by atoms with van der Waals surface area (Å²) in [4.78, 5) is 2.10. The van der Waals surface area contributed by atoms with E-state index in [1.807, 2.05) is 31.3 Å². The SMILES string of the molecule is CN1CC(O)(Cc2cccc(Cl)c2)C1. The van der Waals surface area contributed by atoms with Crippen molar-refractivity contribution in [1.29, 1.82) is 0 Å². The molecule has 2 rings (SSSR count). The molecule has 0 saturated carbocycles. The second-order valence-corrected chi connectivity index (χ2v) is 4.64. The van der Waals surface area contributed by atoms with Gasteiger partial charge in [0, 0.05) is 24.5 Å². The highest BCUT2D eigenvalue weighted by Crippen LogP contribution is 2.24. The Bertz CT molecular complexity index is 334. The fourth-order valence-corrected chi connectivity index (χ4v) is 2.31. The van der Waals surface area contributed by atoms with Crippen LogP contribution in [0.1, 0.15) is 5.56 Å². The molecule has 2 nitrogen and oxygen atoms in total. The zero-order valence-corrected chi connectivity index (χ0v) is 8.96.